The first-order chi connectivity index (χ1) is 6.22. The maximum absolute atomic E-state index is 9.92. The van der Waals surface area contributed by atoms with Crippen molar-refractivity contribution in [3.63, 3.8) is 0 Å². The third kappa shape index (κ3) is 3.74. The highest BCUT2D eigenvalue weighted by atomic mass is 16.5. The highest BCUT2D eigenvalue weighted by Crippen LogP contribution is 2.02. The van der Waals surface area contributed by atoms with Gasteiger partial charge in [0.15, 0.2) is 0 Å². The summed E-state index contributed by atoms with van der Waals surface area (Å²) in [7, 11) is 0. The van der Waals surface area contributed by atoms with E-state index in [4.69, 9.17) is 0 Å². The second-order valence-electron chi connectivity index (χ2n) is 3.70. The first kappa shape index (κ1) is 10.5. The normalized spacial score (nSPS) is 30.0. The molecule has 1 N–H and O–H groups in total. The van der Waals surface area contributed by atoms with E-state index in [0.29, 0.717) is 25.2 Å². The van der Waals surface area contributed by atoms with Crippen molar-refractivity contribution in [1.29, 1.82) is 0 Å². The van der Waals surface area contributed by atoms with Crippen LogP contribution in [0.3, 0.4) is 0 Å². The zero-order chi connectivity index (χ0) is 9.68. The summed E-state index contributed by atoms with van der Waals surface area (Å²) < 4.78 is 4.66. The number of hydrogen-bond acceptors (Lipinski definition) is 4. The quantitative estimate of drug-likeness (QED) is 0.489. The van der Waals surface area contributed by atoms with E-state index in [1.54, 1.807) is 0 Å². The number of hydrogen-bond donors (Lipinski definition) is 1. The Morgan fingerprint density at radius 2 is 2.08 bits per heavy atom. The van der Waals surface area contributed by atoms with Gasteiger partial charge in [0.2, 0.25) is 0 Å². The molecule has 0 bridgehead atoms. The molecule has 0 radical (unpaired) electrons. The van der Waals surface area contributed by atoms with Crippen LogP contribution in [-0.2, 0) is 9.53 Å². The lowest BCUT2D eigenvalue weighted by Gasteiger charge is -2.35. The number of carbonyl (C=O) groups is 1. The van der Waals surface area contributed by atoms with Crippen molar-refractivity contribution >= 4 is 6.47 Å². The average molecular weight is 186 g/mol. The minimum absolute atomic E-state index is 0.503. The molecule has 1 fully saturated rings. The summed E-state index contributed by atoms with van der Waals surface area (Å²) in [5.41, 5.74) is 0. The summed E-state index contributed by atoms with van der Waals surface area (Å²) in [5, 5.41) is 3.45. The van der Waals surface area contributed by atoms with Crippen LogP contribution in [0.25, 0.3) is 0 Å². The van der Waals surface area contributed by atoms with Crippen LogP contribution in [-0.4, -0.2) is 49.7 Å². The Hall–Kier alpha value is -0.610. The van der Waals surface area contributed by atoms with Gasteiger partial charge in [0.25, 0.3) is 6.47 Å². The molecule has 0 aromatic rings. The largest absolute Gasteiger partial charge is 0.467 e. The number of nitrogens with zero attached hydrogens (tertiary/aromatic N) is 1. The Morgan fingerprint density at radius 1 is 1.46 bits per heavy atom. The van der Waals surface area contributed by atoms with Crippen molar-refractivity contribution in [3.8, 4) is 0 Å². The van der Waals surface area contributed by atoms with Crippen LogP contribution in [0.1, 0.15) is 13.8 Å². The summed E-state index contributed by atoms with van der Waals surface area (Å²) in [6.45, 7) is 8.26. The summed E-state index contributed by atoms with van der Waals surface area (Å²) in [6.07, 6.45) is 0. The SMILES string of the molecule is C[C@@H]1CN(CCOC=O)C[C@H](C)N1. The standard InChI is InChI=1S/C9H18N2O2/c1-8-5-11(3-4-13-7-12)6-9(2)10-8/h7-10H,3-6H2,1-2H3/t8-,9+. The lowest BCUT2D eigenvalue weighted by Crippen LogP contribution is -2.54. The minimum atomic E-state index is 0.503. The predicted octanol–water partition coefficient (Wildman–Crippen LogP) is -0.158. The van der Waals surface area contributed by atoms with Gasteiger partial charge in [-0.1, -0.05) is 0 Å². The molecule has 4 heteroatoms. The second-order valence-corrected chi connectivity index (χ2v) is 3.70. The van der Waals surface area contributed by atoms with Crippen LogP contribution in [0.4, 0.5) is 0 Å². The molecular formula is C9H18N2O2. The van der Waals surface area contributed by atoms with Crippen molar-refractivity contribution in [2.45, 2.75) is 25.9 Å². The molecule has 0 aliphatic carbocycles. The van der Waals surface area contributed by atoms with Crippen LogP contribution < -0.4 is 5.32 Å². The predicted molar refractivity (Wildman–Crippen MR) is 50.5 cm³/mol. The lowest BCUT2D eigenvalue weighted by atomic mass is 10.1. The molecule has 13 heavy (non-hydrogen) atoms. The highest BCUT2D eigenvalue weighted by Gasteiger charge is 2.19. The van der Waals surface area contributed by atoms with E-state index in [1.807, 2.05) is 0 Å². The third-order valence-electron chi connectivity index (χ3n) is 2.23. The molecule has 0 saturated carbocycles. The van der Waals surface area contributed by atoms with Gasteiger partial charge in [-0.3, -0.25) is 9.69 Å². The molecule has 76 valence electrons. The molecule has 0 spiro atoms. The zero-order valence-electron chi connectivity index (χ0n) is 8.32. The van der Waals surface area contributed by atoms with Crippen LogP contribution in [0, 0.1) is 0 Å². The van der Waals surface area contributed by atoms with Crippen LogP contribution >= 0.6 is 0 Å². The Labute approximate surface area is 79.2 Å². The second kappa shape index (κ2) is 5.19. The van der Waals surface area contributed by atoms with E-state index in [-0.39, 0.29) is 0 Å². The Kier molecular flexibility index (Phi) is 4.18. The third-order valence-corrected chi connectivity index (χ3v) is 2.23. The number of nitrogens with one attached hydrogen (secondary N) is 1. The van der Waals surface area contributed by atoms with E-state index in [1.165, 1.54) is 0 Å². The molecule has 4 nitrogen and oxygen atoms in total. The number of piperazine rings is 1. The van der Waals surface area contributed by atoms with E-state index < -0.39 is 0 Å². The molecule has 1 rings (SSSR count). The molecule has 0 unspecified atom stereocenters. The monoisotopic (exact) mass is 186 g/mol. The number of carbonyl (C=O) groups excluding carboxylic acids is 1. The molecule has 1 aliphatic rings. The average Bonchev–Trinajstić information content (AvgIpc) is 2.03. The molecule has 1 saturated heterocycles. The van der Waals surface area contributed by atoms with Crippen molar-refractivity contribution < 1.29 is 9.53 Å². The van der Waals surface area contributed by atoms with Crippen LogP contribution in [0.2, 0.25) is 0 Å². The van der Waals surface area contributed by atoms with Gasteiger partial charge in [-0.15, -0.1) is 0 Å². The fraction of sp³-hybridized carbons (Fsp3) is 0.889. The van der Waals surface area contributed by atoms with Gasteiger partial charge in [0, 0.05) is 31.7 Å². The number of ether oxygens (including phenoxy) is 1. The smallest absolute Gasteiger partial charge is 0.293 e. The van der Waals surface area contributed by atoms with E-state index >= 15 is 0 Å². The maximum Gasteiger partial charge on any atom is 0.293 e. The molecule has 0 amide bonds. The van der Waals surface area contributed by atoms with Gasteiger partial charge < -0.3 is 10.1 Å². The molecule has 1 heterocycles. The van der Waals surface area contributed by atoms with Crippen molar-refractivity contribution in [3.05, 3.63) is 0 Å². The Bertz CT molecular complexity index is 154. The Balaban J connectivity index is 2.20. The van der Waals surface area contributed by atoms with Gasteiger partial charge in [0.05, 0.1) is 0 Å². The lowest BCUT2D eigenvalue weighted by molar-refractivity contribution is -0.129. The summed E-state index contributed by atoms with van der Waals surface area (Å²) in [4.78, 5) is 12.2. The fourth-order valence-electron chi connectivity index (χ4n) is 1.85. The van der Waals surface area contributed by atoms with E-state index in [0.717, 1.165) is 19.6 Å². The molecule has 2 atom stereocenters. The molecule has 1 aliphatic heterocycles. The molecule has 0 aromatic heterocycles. The van der Waals surface area contributed by atoms with Crippen molar-refractivity contribution in [2.24, 2.45) is 0 Å². The first-order valence-electron chi connectivity index (χ1n) is 4.76. The summed E-state index contributed by atoms with van der Waals surface area (Å²) in [6, 6.07) is 1.06. The van der Waals surface area contributed by atoms with E-state index in [2.05, 4.69) is 28.8 Å². The Morgan fingerprint density at radius 3 is 2.62 bits per heavy atom. The summed E-state index contributed by atoms with van der Waals surface area (Å²) in [5.74, 6) is 0. The maximum atomic E-state index is 9.92. The fourth-order valence-corrected chi connectivity index (χ4v) is 1.85. The van der Waals surface area contributed by atoms with Crippen molar-refractivity contribution in [1.82, 2.24) is 10.2 Å². The first-order valence-corrected chi connectivity index (χ1v) is 4.76. The molecule has 0 aromatic carbocycles. The summed E-state index contributed by atoms with van der Waals surface area (Å²) >= 11 is 0. The topological polar surface area (TPSA) is 41.6 Å². The minimum Gasteiger partial charge on any atom is -0.467 e. The highest BCUT2D eigenvalue weighted by molar-refractivity contribution is 5.36. The van der Waals surface area contributed by atoms with E-state index in [9.17, 15) is 4.79 Å². The van der Waals surface area contributed by atoms with Gasteiger partial charge in [0.1, 0.15) is 6.61 Å². The van der Waals surface area contributed by atoms with Gasteiger partial charge in [-0.25, -0.2) is 0 Å². The van der Waals surface area contributed by atoms with Crippen molar-refractivity contribution in [2.75, 3.05) is 26.2 Å². The van der Waals surface area contributed by atoms with Crippen LogP contribution in [0.5, 0.6) is 0 Å². The number of rotatable bonds is 4. The van der Waals surface area contributed by atoms with Gasteiger partial charge >= 0.3 is 0 Å². The van der Waals surface area contributed by atoms with Crippen LogP contribution in [0.15, 0.2) is 0 Å². The van der Waals surface area contributed by atoms with Gasteiger partial charge in [-0.05, 0) is 13.8 Å². The molecular weight excluding hydrogens is 168 g/mol. The van der Waals surface area contributed by atoms with Gasteiger partial charge in [-0.2, -0.15) is 0 Å². The zero-order valence-corrected chi connectivity index (χ0v) is 8.32.